The summed E-state index contributed by atoms with van der Waals surface area (Å²) in [6.07, 6.45) is 0. The fourth-order valence-corrected chi connectivity index (χ4v) is 0. The fraction of sp³-hybridized carbons (Fsp3) is 0. The van der Waals surface area contributed by atoms with Gasteiger partial charge in [0.2, 0.25) is 0 Å². The molecule has 0 radical (unpaired) electrons. The van der Waals surface area contributed by atoms with Gasteiger partial charge in [-0.3, -0.25) is 4.21 Å². The first-order valence-electron chi connectivity index (χ1n) is 0.667. The van der Waals surface area contributed by atoms with Gasteiger partial charge in [0.05, 0.1) is 0 Å². The van der Waals surface area contributed by atoms with Crippen molar-refractivity contribution in [2.45, 2.75) is 0 Å². The van der Waals surface area contributed by atoms with Crippen LogP contribution in [-0.4, -0.2) is 13.3 Å². The normalized spacial score (nSPS) is 6.44. The largest absolute Gasteiger partial charge is 1.00 e. The zero-order valence-corrected chi connectivity index (χ0v) is 18.6. The molecular formula is IK3O3S2. The van der Waals surface area contributed by atoms with Gasteiger partial charge in [0.25, 0.3) is 0 Å². The molecule has 0 aliphatic rings. The smallest absolute Gasteiger partial charge is 1.00 e. The Morgan fingerprint density at radius 2 is 1.11 bits per heavy atom. The molecule has 0 N–H and O–H groups in total. The van der Waals surface area contributed by atoms with E-state index in [9.17, 15) is 0 Å². The van der Waals surface area contributed by atoms with Crippen molar-refractivity contribution in [1.29, 1.82) is 0 Å². The Morgan fingerprint density at radius 1 is 1.11 bits per heavy atom. The van der Waals surface area contributed by atoms with Crippen LogP contribution in [0.5, 0.6) is 0 Å². The molecule has 9 heteroatoms. The molecule has 0 fully saturated rings. The molecule has 0 atom stereocenters. The van der Waals surface area contributed by atoms with E-state index >= 15 is 0 Å². The molecule has 0 bridgehead atoms. The van der Waals surface area contributed by atoms with Crippen LogP contribution in [-0.2, 0) is 20.2 Å². The zero-order chi connectivity index (χ0) is 4.50. The summed E-state index contributed by atoms with van der Waals surface area (Å²) in [4.78, 5) is 0. The van der Waals surface area contributed by atoms with E-state index in [2.05, 4.69) is 11.2 Å². The first kappa shape index (κ1) is 29.4. The van der Waals surface area contributed by atoms with Crippen molar-refractivity contribution in [3.05, 3.63) is 0 Å². The first-order chi connectivity index (χ1) is 2.00. The van der Waals surface area contributed by atoms with Gasteiger partial charge < -0.3 is 33.1 Å². The summed E-state index contributed by atoms with van der Waals surface area (Å²) in [5, 5.41) is 0. The van der Waals surface area contributed by atoms with Crippen LogP contribution in [0.2, 0.25) is 0 Å². The summed E-state index contributed by atoms with van der Waals surface area (Å²) in [6.45, 7) is 0. The molecule has 0 rings (SSSR count). The number of hydrogen-bond acceptors (Lipinski definition) is 4. The van der Waals surface area contributed by atoms with Gasteiger partial charge in [-0.05, 0) is 11.2 Å². The average Bonchev–Trinajstić information content (AvgIpc) is 0.722. The van der Waals surface area contributed by atoms with Crippen molar-refractivity contribution in [3.8, 4) is 0 Å². The molecule has 0 aromatic carbocycles. The van der Waals surface area contributed by atoms with E-state index in [4.69, 9.17) is 13.3 Å². The minimum atomic E-state index is -4.33. The van der Waals surface area contributed by atoms with Gasteiger partial charge >= 0.3 is 154 Å². The molecule has 40 valence electrons. The van der Waals surface area contributed by atoms with Crippen LogP contribution in [0.4, 0.5) is 0 Å². The van der Waals surface area contributed by atoms with E-state index in [0.29, 0.717) is 0 Å². The van der Waals surface area contributed by atoms with E-state index in [1.807, 2.05) is 0 Å². The van der Waals surface area contributed by atoms with Gasteiger partial charge in [-0.25, -0.2) is 0 Å². The number of rotatable bonds is 0. The molecule has 0 saturated heterocycles. The van der Waals surface area contributed by atoms with Crippen molar-refractivity contribution >= 4 is 20.2 Å². The number of halogens is 1. The predicted octanol–water partition coefficient (Wildman–Crippen LogP) is -13.0. The summed E-state index contributed by atoms with van der Waals surface area (Å²) in [5.74, 6) is 0. The van der Waals surface area contributed by atoms with E-state index in [1.54, 1.807) is 0 Å². The third-order valence-electron chi connectivity index (χ3n) is 0. The van der Waals surface area contributed by atoms with Gasteiger partial charge in [-0.1, -0.05) is 0 Å². The standard InChI is InChI=1S/HI.3K.H2O3S2/c;;;;1-5(2,3)4/h1H;;;;(H2,1,2,3,4)/q;3*+1;/p-3. The van der Waals surface area contributed by atoms with Crippen LogP contribution in [0, 0.1) is 0 Å². The summed E-state index contributed by atoms with van der Waals surface area (Å²) in [6, 6.07) is 0. The van der Waals surface area contributed by atoms with Crippen molar-refractivity contribution in [2.24, 2.45) is 0 Å². The first-order valence-corrected chi connectivity index (χ1v) is 3.00. The van der Waals surface area contributed by atoms with Crippen molar-refractivity contribution in [3.63, 3.8) is 0 Å². The second kappa shape index (κ2) is 16.4. The summed E-state index contributed by atoms with van der Waals surface area (Å²) in [5.41, 5.74) is 0. The van der Waals surface area contributed by atoms with Crippen LogP contribution in [0.1, 0.15) is 0 Å². The molecule has 9 heavy (non-hydrogen) atoms. The molecule has 0 spiro atoms. The van der Waals surface area contributed by atoms with Gasteiger partial charge in [0.15, 0.2) is 0 Å². The third kappa shape index (κ3) is 56.4. The van der Waals surface area contributed by atoms with E-state index in [0.717, 1.165) is 0 Å². The second-order valence-corrected chi connectivity index (χ2v) is 2.45. The van der Waals surface area contributed by atoms with Gasteiger partial charge in [0.1, 0.15) is 0 Å². The van der Waals surface area contributed by atoms with Gasteiger partial charge in [-0.2, -0.15) is 0 Å². The topological polar surface area (TPSA) is 63.2 Å². The summed E-state index contributed by atoms with van der Waals surface area (Å²) < 4.78 is 26.7. The minimum absolute atomic E-state index is 0. The van der Waals surface area contributed by atoms with E-state index in [-0.39, 0.29) is 178 Å². The monoisotopic (exact) mass is 356 g/mol. The van der Waals surface area contributed by atoms with E-state index in [1.165, 1.54) is 0 Å². The van der Waals surface area contributed by atoms with Crippen molar-refractivity contribution in [1.82, 2.24) is 0 Å². The Bertz CT molecular complexity index is 100. The molecular weight excluding hydrogens is 356 g/mol. The predicted molar refractivity (Wildman–Crippen MR) is 17.1 cm³/mol. The van der Waals surface area contributed by atoms with Crippen molar-refractivity contribution < 1.29 is 191 Å². The average molecular weight is 356 g/mol. The summed E-state index contributed by atoms with van der Waals surface area (Å²) in [7, 11) is -4.33. The van der Waals surface area contributed by atoms with Crippen LogP contribution < -0.4 is 178 Å². The van der Waals surface area contributed by atoms with Crippen molar-refractivity contribution in [2.75, 3.05) is 0 Å². The van der Waals surface area contributed by atoms with E-state index < -0.39 is 9.05 Å². The molecule has 0 unspecified atom stereocenters. The quantitative estimate of drug-likeness (QED) is 0.320. The minimum Gasteiger partial charge on any atom is -1.00 e. The molecule has 3 nitrogen and oxygen atoms in total. The zero-order valence-electron chi connectivity index (χ0n) is 5.42. The molecule has 0 amide bonds. The van der Waals surface area contributed by atoms with Crippen LogP contribution in [0.15, 0.2) is 0 Å². The molecule has 0 heterocycles. The van der Waals surface area contributed by atoms with Gasteiger partial charge in [-0.15, -0.1) is 9.05 Å². The Labute approximate surface area is 204 Å². The number of hydrogen-bond donors (Lipinski definition) is 0. The molecule has 0 saturated carbocycles. The Balaban J connectivity index is -0.0000000133. The van der Waals surface area contributed by atoms with Crippen LogP contribution in [0.25, 0.3) is 0 Å². The third-order valence-corrected chi connectivity index (χ3v) is 0. The summed E-state index contributed by atoms with van der Waals surface area (Å²) >= 11 is 3.24. The molecule has 0 aromatic rings. The molecule has 0 aliphatic heterocycles. The Hall–Kier alpha value is 5.93. The molecule has 0 aromatic heterocycles. The maximum Gasteiger partial charge on any atom is 1.00 e. The Morgan fingerprint density at radius 3 is 1.11 bits per heavy atom. The Kier molecular flexibility index (Phi) is 53.4. The van der Waals surface area contributed by atoms with Gasteiger partial charge in [0, 0.05) is 0 Å². The SMILES string of the molecule is O=S([O-])([O-])=S.[I-].[K+].[K+].[K+]. The molecule has 0 aliphatic carbocycles. The maximum atomic E-state index is 8.89. The second-order valence-electron chi connectivity index (χ2n) is 0.408. The van der Waals surface area contributed by atoms with Crippen LogP contribution in [0.3, 0.4) is 0 Å². The van der Waals surface area contributed by atoms with Crippen LogP contribution >= 0.6 is 0 Å². The fourth-order valence-electron chi connectivity index (χ4n) is 0. The maximum absolute atomic E-state index is 8.89.